The molecule has 8 heteroatoms. The third kappa shape index (κ3) is 2.65. The second-order valence-corrected chi connectivity index (χ2v) is 9.93. The Kier molecular flexibility index (Phi) is 3.91. The highest BCUT2D eigenvalue weighted by Gasteiger charge is 2.29. The monoisotopic (exact) mass is 367 g/mol. The fraction of sp³-hybridized carbons (Fsp3) is 0.625. The van der Waals surface area contributed by atoms with E-state index in [1.165, 1.54) is 16.9 Å². The van der Waals surface area contributed by atoms with E-state index in [4.69, 9.17) is 4.98 Å². The van der Waals surface area contributed by atoms with Crippen molar-refractivity contribution in [1.82, 2.24) is 9.55 Å². The molecule has 1 atom stereocenters. The molecule has 0 bridgehead atoms. The Morgan fingerprint density at radius 2 is 2.12 bits per heavy atom. The minimum Gasteiger partial charge on any atom is -0.352 e. The summed E-state index contributed by atoms with van der Waals surface area (Å²) in [5.74, 6) is 0.831. The van der Waals surface area contributed by atoms with Crippen LogP contribution in [0.5, 0.6) is 0 Å². The molecule has 0 radical (unpaired) electrons. The Morgan fingerprint density at radius 3 is 2.83 bits per heavy atom. The van der Waals surface area contributed by atoms with Crippen molar-refractivity contribution in [3.63, 3.8) is 0 Å². The molecule has 2 aromatic rings. The van der Waals surface area contributed by atoms with E-state index >= 15 is 0 Å². The number of anilines is 1. The summed E-state index contributed by atoms with van der Waals surface area (Å²) >= 11 is 1.62. The molecule has 2 aliphatic rings. The van der Waals surface area contributed by atoms with Crippen molar-refractivity contribution in [3.8, 4) is 0 Å². The van der Waals surface area contributed by atoms with Gasteiger partial charge in [0.15, 0.2) is 9.84 Å². The predicted molar refractivity (Wildman–Crippen MR) is 96.9 cm³/mol. The number of hydrogen-bond donors (Lipinski definition) is 1. The van der Waals surface area contributed by atoms with Crippen LogP contribution in [0, 0.1) is 0 Å². The van der Waals surface area contributed by atoms with E-state index in [1.807, 2.05) is 6.92 Å². The summed E-state index contributed by atoms with van der Waals surface area (Å²) in [7, 11) is -2.97. The molecule has 1 saturated heterocycles. The second kappa shape index (κ2) is 5.84. The van der Waals surface area contributed by atoms with Gasteiger partial charge >= 0.3 is 0 Å². The number of nitrogens with one attached hydrogen (secondary N) is 1. The fourth-order valence-corrected chi connectivity index (χ4v) is 6.66. The molecule has 1 fully saturated rings. The number of thiophene rings is 1. The summed E-state index contributed by atoms with van der Waals surface area (Å²) in [5.41, 5.74) is 1.20. The van der Waals surface area contributed by atoms with Gasteiger partial charge in [-0.1, -0.05) is 0 Å². The molecule has 4 rings (SSSR count). The van der Waals surface area contributed by atoms with Crippen molar-refractivity contribution < 1.29 is 8.42 Å². The Hall–Kier alpha value is -1.41. The zero-order chi connectivity index (χ0) is 16.9. The minimum absolute atomic E-state index is 0.00486. The SMILES string of the molecule is CCn1c(NC2CCS(=O)(=O)C2)nc2sc3c(c2c1=O)CCCC3. The molecule has 0 saturated carbocycles. The molecule has 3 heterocycles. The lowest BCUT2D eigenvalue weighted by molar-refractivity contribution is 0.601. The summed E-state index contributed by atoms with van der Waals surface area (Å²) in [6, 6.07) is -0.160. The number of hydrogen-bond acceptors (Lipinski definition) is 6. The van der Waals surface area contributed by atoms with Crippen LogP contribution < -0.4 is 10.9 Å². The summed E-state index contributed by atoms with van der Waals surface area (Å²) in [5, 5.41) is 3.99. The zero-order valence-electron chi connectivity index (χ0n) is 13.7. The molecule has 2 aromatic heterocycles. The number of aryl methyl sites for hydroxylation is 2. The topological polar surface area (TPSA) is 81.1 Å². The van der Waals surface area contributed by atoms with E-state index in [0.717, 1.165) is 29.5 Å². The van der Waals surface area contributed by atoms with Gasteiger partial charge in [-0.2, -0.15) is 0 Å². The predicted octanol–water partition coefficient (Wildman–Crippen LogP) is 1.96. The molecule has 0 amide bonds. The summed E-state index contributed by atoms with van der Waals surface area (Å²) in [6.45, 7) is 2.44. The van der Waals surface area contributed by atoms with Crippen molar-refractivity contribution in [2.24, 2.45) is 0 Å². The van der Waals surface area contributed by atoms with Gasteiger partial charge in [0, 0.05) is 17.5 Å². The lowest BCUT2D eigenvalue weighted by atomic mass is 9.97. The van der Waals surface area contributed by atoms with Crippen molar-refractivity contribution in [2.45, 2.75) is 51.6 Å². The zero-order valence-corrected chi connectivity index (χ0v) is 15.3. The largest absolute Gasteiger partial charge is 0.352 e. The quantitative estimate of drug-likeness (QED) is 0.897. The second-order valence-electron chi connectivity index (χ2n) is 6.62. The van der Waals surface area contributed by atoms with E-state index < -0.39 is 9.84 Å². The first-order valence-corrected chi connectivity index (χ1v) is 11.1. The van der Waals surface area contributed by atoms with Crippen molar-refractivity contribution in [3.05, 3.63) is 20.8 Å². The number of nitrogens with zero attached hydrogens (tertiary/aromatic N) is 2. The molecule has 1 aliphatic heterocycles. The van der Waals surface area contributed by atoms with E-state index in [9.17, 15) is 13.2 Å². The van der Waals surface area contributed by atoms with Crippen molar-refractivity contribution in [2.75, 3.05) is 16.8 Å². The average molecular weight is 367 g/mol. The standard InChI is InChI=1S/C16H21N3O3S2/c1-2-19-15(20)13-11-5-3-4-6-12(11)23-14(13)18-16(19)17-10-7-8-24(21,22)9-10/h10H,2-9H2,1H3,(H,17,18). The Balaban J connectivity index is 1.80. The van der Waals surface area contributed by atoms with Gasteiger partial charge in [-0.05, 0) is 44.6 Å². The van der Waals surface area contributed by atoms with Crippen LogP contribution in [0.3, 0.4) is 0 Å². The molecule has 1 N–H and O–H groups in total. The van der Waals surface area contributed by atoms with E-state index in [0.29, 0.717) is 18.9 Å². The van der Waals surface area contributed by atoms with Crippen molar-refractivity contribution in [1.29, 1.82) is 0 Å². The highest BCUT2D eigenvalue weighted by molar-refractivity contribution is 7.91. The third-order valence-corrected chi connectivity index (χ3v) is 7.91. The summed E-state index contributed by atoms with van der Waals surface area (Å²) < 4.78 is 25.0. The summed E-state index contributed by atoms with van der Waals surface area (Å²) in [6.07, 6.45) is 4.87. The maximum atomic E-state index is 13.0. The Labute approximate surface area is 144 Å². The number of fused-ring (bicyclic) bond motifs is 3. The lowest BCUT2D eigenvalue weighted by Gasteiger charge is -2.16. The number of sulfone groups is 1. The van der Waals surface area contributed by atoms with Gasteiger partial charge in [-0.15, -0.1) is 11.3 Å². The van der Waals surface area contributed by atoms with Gasteiger partial charge in [0.2, 0.25) is 5.95 Å². The number of aromatic nitrogens is 2. The van der Waals surface area contributed by atoms with Crippen molar-refractivity contribution >= 4 is 37.3 Å². The molecule has 0 spiro atoms. The van der Waals surface area contributed by atoms with Crippen LogP contribution in [0.2, 0.25) is 0 Å². The van der Waals surface area contributed by atoms with Gasteiger partial charge in [0.05, 0.1) is 16.9 Å². The maximum absolute atomic E-state index is 13.0. The molecule has 1 unspecified atom stereocenters. The van der Waals surface area contributed by atoms with Gasteiger partial charge in [-0.3, -0.25) is 9.36 Å². The van der Waals surface area contributed by atoms with Crippen LogP contribution in [0.15, 0.2) is 4.79 Å². The smallest absolute Gasteiger partial charge is 0.263 e. The first kappa shape index (κ1) is 16.1. The summed E-state index contributed by atoms with van der Waals surface area (Å²) in [4.78, 5) is 19.8. The van der Waals surface area contributed by atoms with Crippen LogP contribution in [-0.4, -0.2) is 35.5 Å². The molecular weight excluding hydrogens is 346 g/mol. The Morgan fingerprint density at radius 1 is 1.33 bits per heavy atom. The normalized spacial score (nSPS) is 22.6. The first-order valence-electron chi connectivity index (χ1n) is 8.50. The molecule has 1 aliphatic carbocycles. The van der Waals surface area contributed by atoms with Gasteiger partial charge in [0.25, 0.3) is 5.56 Å². The third-order valence-electron chi connectivity index (χ3n) is 4.96. The van der Waals surface area contributed by atoms with Crippen LogP contribution in [0.1, 0.15) is 36.6 Å². The molecule has 130 valence electrons. The van der Waals surface area contributed by atoms with Gasteiger partial charge in [0.1, 0.15) is 4.83 Å². The first-order chi connectivity index (χ1) is 11.5. The maximum Gasteiger partial charge on any atom is 0.263 e. The van der Waals surface area contributed by atoms with Gasteiger partial charge in [-0.25, -0.2) is 13.4 Å². The van der Waals surface area contributed by atoms with Crippen LogP contribution in [0.4, 0.5) is 5.95 Å². The van der Waals surface area contributed by atoms with Crippen LogP contribution in [-0.2, 0) is 29.2 Å². The average Bonchev–Trinajstić information content (AvgIpc) is 3.07. The minimum atomic E-state index is -2.97. The number of rotatable bonds is 3. The molecular formula is C16H21N3O3S2. The highest BCUT2D eigenvalue weighted by atomic mass is 32.2. The van der Waals surface area contributed by atoms with E-state index in [2.05, 4.69) is 5.32 Å². The van der Waals surface area contributed by atoms with E-state index in [1.54, 1.807) is 15.9 Å². The molecule has 24 heavy (non-hydrogen) atoms. The van der Waals surface area contributed by atoms with Crippen LogP contribution in [0.25, 0.3) is 10.2 Å². The van der Waals surface area contributed by atoms with Gasteiger partial charge < -0.3 is 5.32 Å². The Bertz CT molecular complexity index is 959. The molecule has 0 aromatic carbocycles. The fourth-order valence-electron chi connectivity index (χ4n) is 3.73. The molecule has 6 nitrogen and oxygen atoms in total. The van der Waals surface area contributed by atoms with E-state index in [-0.39, 0.29) is 23.1 Å². The van der Waals surface area contributed by atoms with Crippen LogP contribution >= 0.6 is 11.3 Å². The highest BCUT2D eigenvalue weighted by Crippen LogP contribution is 2.34. The lowest BCUT2D eigenvalue weighted by Crippen LogP contribution is -2.29.